The fraction of sp³-hybridized carbons (Fsp3) is 0.529. The molecule has 1 fully saturated rings. The van der Waals surface area contributed by atoms with Crippen molar-refractivity contribution in [2.24, 2.45) is 0 Å². The van der Waals surface area contributed by atoms with E-state index in [9.17, 15) is 9.59 Å². The third kappa shape index (κ3) is 3.30. The summed E-state index contributed by atoms with van der Waals surface area (Å²) in [5.41, 5.74) is 2.51. The van der Waals surface area contributed by atoms with Crippen molar-refractivity contribution in [2.45, 2.75) is 38.1 Å². The quantitative estimate of drug-likeness (QED) is 0.894. The lowest BCUT2D eigenvalue weighted by Crippen LogP contribution is -2.38. The molecule has 118 valence electrons. The Morgan fingerprint density at radius 2 is 2.23 bits per heavy atom. The number of carbonyl (C=O) groups is 2. The second-order valence-corrected chi connectivity index (χ2v) is 6.26. The Labute approximate surface area is 131 Å². The van der Waals surface area contributed by atoms with E-state index < -0.39 is 0 Å². The van der Waals surface area contributed by atoms with Crippen LogP contribution in [0, 0.1) is 0 Å². The largest absolute Gasteiger partial charge is 0.350 e. The first-order valence-electron chi connectivity index (χ1n) is 8.05. The average Bonchev–Trinajstić information content (AvgIpc) is 2.81. The van der Waals surface area contributed by atoms with E-state index in [1.54, 1.807) is 6.07 Å². The van der Waals surface area contributed by atoms with Gasteiger partial charge in [-0.25, -0.2) is 0 Å². The minimum Gasteiger partial charge on any atom is -0.350 e. The molecule has 1 aromatic rings. The Kier molecular flexibility index (Phi) is 4.43. The summed E-state index contributed by atoms with van der Waals surface area (Å²) < 4.78 is 0. The van der Waals surface area contributed by atoms with Crippen LogP contribution in [0.1, 0.15) is 41.6 Å². The van der Waals surface area contributed by atoms with Crippen molar-refractivity contribution in [1.29, 1.82) is 0 Å². The van der Waals surface area contributed by atoms with E-state index in [4.69, 9.17) is 0 Å². The maximum atomic E-state index is 12.3. The molecule has 2 N–H and O–H groups in total. The predicted octanol–water partition coefficient (Wildman–Crippen LogP) is 1.79. The third-order valence-electron chi connectivity index (χ3n) is 4.67. The van der Waals surface area contributed by atoms with Gasteiger partial charge in [-0.2, -0.15) is 0 Å². The molecule has 1 aromatic carbocycles. The topological polar surface area (TPSA) is 61.4 Å². The predicted molar refractivity (Wildman–Crippen MR) is 86.0 cm³/mol. The molecule has 0 aliphatic carbocycles. The number of benzene rings is 1. The van der Waals surface area contributed by atoms with Crippen molar-refractivity contribution >= 4 is 17.5 Å². The molecule has 2 heterocycles. The Morgan fingerprint density at radius 3 is 3.00 bits per heavy atom. The number of likely N-dealkylation sites (N-methyl/N-ethyl adjacent to an activating group) is 1. The van der Waals surface area contributed by atoms with E-state index in [-0.39, 0.29) is 11.8 Å². The second-order valence-electron chi connectivity index (χ2n) is 6.26. The summed E-state index contributed by atoms with van der Waals surface area (Å²) in [5, 5.41) is 5.91. The molecule has 2 aliphatic heterocycles. The lowest BCUT2D eigenvalue weighted by atomic mass is 10.0. The van der Waals surface area contributed by atoms with Crippen LogP contribution in [0.5, 0.6) is 0 Å². The van der Waals surface area contributed by atoms with Crippen molar-refractivity contribution in [1.82, 2.24) is 10.2 Å². The molecule has 3 rings (SSSR count). The first kappa shape index (κ1) is 15.0. The molecule has 2 aliphatic rings. The summed E-state index contributed by atoms with van der Waals surface area (Å²) in [7, 11) is 2.10. The SMILES string of the molecule is CN1CCC[C@H]1CNC(=O)c1ccc2c(c1)NC(=O)CCC2. The van der Waals surface area contributed by atoms with Gasteiger partial charge in [0.2, 0.25) is 5.91 Å². The van der Waals surface area contributed by atoms with Crippen molar-refractivity contribution in [3.63, 3.8) is 0 Å². The highest BCUT2D eigenvalue weighted by atomic mass is 16.2. The van der Waals surface area contributed by atoms with Crippen LogP contribution in [0.3, 0.4) is 0 Å². The van der Waals surface area contributed by atoms with Crippen LogP contribution in [-0.4, -0.2) is 42.9 Å². The van der Waals surface area contributed by atoms with Crippen molar-refractivity contribution in [3.8, 4) is 0 Å². The number of carbonyl (C=O) groups excluding carboxylic acids is 2. The molecule has 5 nitrogen and oxygen atoms in total. The van der Waals surface area contributed by atoms with Gasteiger partial charge in [0.05, 0.1) is 0 Å². The number of aryl methyl sites for hydroxylation is 1. The van der Waals surface area contributed by atoms with Gasteiger partial charge in [-0.1, -0.05) is 6.07 Å². The number of hydrogen-bond donors (Lipinski definition) is 2. The molecule has 0 spiro atoms. The van der Waals surface area contributed by atoms with E-state index in [0.29, 0.717) is 24.6 Å². The van der Waals surface area contributed by atoms with E-state index in [1.807, 2.05) is 12.1 Å². The van der Waals surface area contributed by atoms with Gasteiger partial charge in [-0.05, 0) is 57.0 Å². The summed E-state index contributed by atoms with van der Waals surface area (Å²) in [6.45, 7) is 1.78. The monoisotopic (exact) mass is 301 g/mol. The van der Waals surface area contributed by atoms with Crippen LogP contribution in [-0.2, 0) is 11.2 Å². The standard InChI is InChI=1S/C17H23N3O2/c1-20-9-3-5-14(20)11-18-17(22)13-8-7-12-4-2-6-16(21)19-15(12)10-13/h7-8,10,14H,2-6,9,11H2,1H3,(H,18,22)(H,19,21)/t14-/m0/s1. The van der Waals surface area contributed by atoms with Crippen LogP contribution in [0.2, 0.25) is 0 Å². The normalized spacial score (nSPS) is 21.9. The van der Waals surface area contributed by atoms with Crippen LogP contribution in [0.15, 0.2) is 18.2 Å². The highest BCUT2D eigenvalue weighted by molar-refractivity contribution is 5.98. The molecule has 0 radical (unpaired) electrons. The molecule has 0 aromatic heterocycles. The van der Waals surface area contributed by atoms with Gasteiger partial charge >= 0.3 is 0 Å². The number of nitrogens with zero attached hydrogens (tertiary/aromatic N) is 1. The number of hydrogen-bond acceptors (Lipinski definition) is 3. The summed E-state index contributed by atoms with van der Waals surface area (Å²) in [6, 6.07) is 6.04. The van der Waals surface area contributed by atoms with Crippen molar-refractivity contribution in [3.05, 3.63) is 29.3 Å². The third-order valence-corrected chi connectivity index (χ3v) is 4.67. The molecule has 2 amide bonds. The van der Waals surface area contributed by atoms with E-state index in [1.165, 1.54) is 6.42 Å². The van der Waals surface area contributed by atoms with Crippen LogP contribution in [0.4, 0.5) is 5.69 Å². The van der Waals surface area contributed by atoms with E-state index in [0.717, 1.165) is 37.1 Å². The van der Waals surface area contributed by atoms with Crippen LogP contribution >= 0.6 is 0 Å². The Balaban J connectivity index is 1.66. The van der Waals surface area contributed by atoms with Gasteiger partial charge < -0.3 is 15.5 Å². The van der Waals surface area contributed by atoms with Gasteiger partial charge in [0, 0.05) is 30.3 Å². The zero-order valence-corrected chi connectivity index (χ0v) is 13.0. The number of fused-ring (bicyclic) bond motifs is 1. The molecule has 0 saturated carbocycles. The number of likely N-dealkylation sites (tertiary alicyclic amines) is 1. The summed E-state index contributed by atoms with van der Waals surface area (Å²) in [4.78, 5) is 26.3. The summed E-state index contributed by atoms with van der Waals surface area (Å²) >= 11 is 0. The molecule has 22 heavy (non-hydrogen) atoms. The molecular formula is C17H23N3O2. The zero-order valence-electron chi connectivity index (χ0n) is 13.0. The van der Waals surface area contributed by atoms with E-state index >= 15 is 0 Å². The first-order valence-corrected chi connectivity index (χ1v) is 8.05. The van der Waals surface area contributed by atoms with Gasteiger partial charge in [-0.15, -0.1) is 0 Å². The number of rotatable bonds is 3. The molecule has 0 bridgehead atoms. The minimum atomic E-state index is -0.0680. The number of nitrogens with one attached hydrogen (secondary N) is 2. The molecular weight excluding hydrogens is 278 g/mol. The average molecular weight is 301 g/mol. The zero-order chi connectivity index (χ0) is 15.5. The first-order chi connectivity index (χ1) is 10.6. The minimum absolute atomic E-state index is 0.0314. The Hall–Kier alpha value is -1.88. The summed E-state index contributed by atoms with van der Waals surface area (Å²) in [6.07, 6.45) is 4.62. The van der Waals surface area contributed by atoms with Gasteiger partial charge in [0.25, 0.3) is 5.91 Å². The molecule has 1 atom stereocenters. The molecule has 0 unspecified atom stereocenters. The Bertz CT molecular complexity index is 585. The Morgan fingerprint density at radius 1 is 1.36 bits per heavy atom. The fourth-order valence-corrected chi connectivity index (χ4v) is 3.25. The number of anilines is 1. The molecule has 1 saturated heterocycles. The highest BCUT2D eigenvalue weighted by Crippen LogP contribution is 2.23. The highest BCUT2D eigenvalue weighted by Gasteiger charge is 2.21. The maximum absolute atomic E-state index is 12.3. The van der Waals surface area contributed by atoms with Crippen LogP contribution < -0.4 is 10.6 Å². The van der Waals surface area contributed by atoms with Crippen molar-refractivity contribution in [2.75, 3.05) is 25.5 Å². The fourth-order valence-electron chi connectivity index (χ4n) is 3.25. The smallest absolute Gasteiger partial charge is 0.251 e. The molecule has 5 heteroatoms. The number of amides is 2. The lowest BCUT2D eigenvalue weighted by molar-refractivity contribution is -0.116. The summed E-state index contributed by atoms with van der Waals surface area (Å²) in [5.74, 6) is -0.0366. The second kappa shape index (κ2) is 6.48. The van der Waals surface area contributed by atoms with Gasteiger partial charge in [0.1, 0.15) is 0 Å². The van der Waals surface area contributed by atoms with E-state index in [2.05, 4.69) is 22.6 Å². The van der Waals surface area contributed by atoms with Gasteiger partial charge in [-0.3, -0.25) is 9.59 Å². The maximum Gasteiger partial charge on any atom is 0.251 e. The van der Waals surface area contributed by atoms with Crippen molar-refractivity contribution < 1.29 is 9.59 Å². The van der Waals surface area contributed by atoms with Gasteiger partial charge in [0.15, 0.2) is 0 Å². The van der Waals surface area contributed by atoms with Crippen LogP contribution in [0.25, 0.3) is 0 Å². The lowest BCUT2D eigenvalue weighted by Gasteiger charge is -2.19.